The van der Waals surface area contributed by atoms with Crippen LogP contribution in [0.5, 0.6) is 0 Å². The third-order valence-electron chi connectivity index (χ3n) is 8.76. The molecule has 0 aliphatic carbocycles. The molecule has 0 bridgehead atoms. The Bertz CT molecular complexity index is 2370. The average Bonchev–Trinajstić information content (AvgIpc) is 3.85. The van der Waals surface area contributed by atoms with E-state index in [4.69, 9.17) is 4.74 Å². The van der Waals surface area contributed by atoms with Crippen molar-refractivity contribution in [2.45, 2.75) is 0 Å². The number of rotatable bonds is 4. The number of aliphatic imine (C=N–C) groups is 1. The highest BCUT2D eigenvalue weighted by molar-refractivity contribution is 6.25. The van der Waals surface area contributed by atoms with Crippen LogP contribution >= 0.6 is 0 Å². The second-order valence-electron chi connectivity index (χ2n) is 11.2. The van der Waals surface area contributed by atoms with Crippen molar-refractivity contribution >= 4 is 49.6 Å². The molecule has 1 aliphatic rings. The first kappa shape index (κ1) is 24.1. The standard InChI is InChI=1S/C38H28N4O/c1-40-22-20-29-32(40)16-9-17-33(29)42-34-24-26(37-39-21-23-43-37)18-19-30(34)35-31-15-8-14-28(25-10-4-2-5-11-25)36(31)41(38(35)42)27-12-6-3-7-13-27/h2-20,22,24H,21,23H2,1H3. The van der Waals surface area contributed by atoms with E-state index in [1.54, 1.807) is 0 Å². The van der Waals surface area contributed by atoms with Crippen LogP contribution in [-0.4, -0.2) is 32.8 Å². The summed E-state index contributed by atoms with van der Waals surface area (Å²) in [4.78, 5) is 4.65. The van der Waals surface area contributed by atoms with Gasteiger partial charge in [-0.25, -0.2) is 4.99 Å². The number of hydrogen-bond donors (Lipinski definition) is 0. The lowest BCUT2D eigenvalue weighted by molar-refractivity contribution is 0.348. The molecular weight excluding hydrogens is 528 g/mol. The van der Waals surface area contributed by atoms with Crippen molar-refractivity contribution in [2.24, 2.45) is 12.0 Å². The van der Waals surface area contributed by atoms with Crippen LogP contribution in [0.25, 0.3) is 66.2 Å². The third-order valence-corrected chi connectivity index (χ3v) is 8.76. The second-order valence-corrected chi connectivity index (χ2v) is 11.2. The van der Waals surface area contributed by atoms with Gasteiger partial charge in [-0.2, -0.15) is 0 Å². The Balaban J connectivity index is 1.52. The molecule has 3 aromatic heterocycles. The zero-order valence-corrected chi connectivity index (χ0v) is 23.7. The molecule has 9 rings (SSSR count). The SMILES string of the molecule is Cn1ccc2c(-n3c4cc(C5=NCCO5)ccc4c4c5cccc(-c6ccccc6)c5n(-c5ccccc5)c43)cccc21. The average molecular weight is 557 g/mol. The molecule has 5 aromatic carbocycles. The molecule has 0 atom stereocenters. The number of benzene rings is 5. The van der Waals surface area contributed by atoms with Crippen LogP contribution in [0.3, 0.4) is 0 Å². The molecule has 0 saturated heterocycles. The summed E-state index contributed by atoms with van der Waals surface area (Å²) < 4.78 is 13.0. The highest BCUT2D eigenvalue weighted by Gasteiger charge is 2.26. The maximum absolute atomic E-state index is 5.92. The van der Waals surface area contributed by atoms with Crippen LogP contribution in [0, 0.1) is 0 Å². The molecule has 5 nitrogen and oxygen atoms in total. The fourth-order valence-corrected chi connectivity index (χ4v) is 6.89. The molecule has 0 unspecified atom stereocenters. The summed E-state index contributed by atoms with van der Waals surface area (Å²) in [5, 5.41) is 4.87. The summed E-state index contributed by atoms with van der Waals surface area (Å²) in [5.41, 5.74) is 10.4. The molecule has 4 heterocycles. The lowest BCUT2D eigenvalue weighted by atomic mass is 10.0. The molecule has 0 radical (unpaired) electrons. The van der Waals surface area contributed by atoms with Crippen LogP contribution in [0.1, 0.15) is 5.56 Å². The van der Waals surface area contributed by atoms with Crippen molar-refractivity contribution < 1.29 is 4.74 Å². The van der Waals surface area contributed by atoms with Gasteiger partial charge < -0.3 is 9.30 Å². The second kappa shape index (κ2) is 9.23. The summed E-state index contributed by atoms with van der Waals surface area (Å²) in [6, 6.07) is 43.6. The Labute approximate surface area is 248 Å². The number of ether oxygens (including phenoxy) is 1. The molecule has 0 amide bonds. The largest absolute Gasteiger partial charge is 0.476 e. The fraction of sp³-hybridized carbons (Fsp3) is 0.0789. The maximum atomic E-state index is 5.92. The molecule has 1 aliphatic heterocycles. The minimum Gasteiger partial charge on any atom is -0.476 e. The molecule has 8 aromatic rings. The van der Waals surface area contributed by atoms with Crippen LogP contribution in [0.2, 0.25) is 0 Å². The van der Waals surface area contributed by atoms with Crippen LogP contribution in [0.4, 0.5) is 0 Å². The monoisotopic (exact) mass is 556 g/mol. The van der Waals surface area contributed by atoms with Crippen molar-refractivity contribution in [3.8, 4) is 22.5 Å². The molecule has 0 spiro atoms. The predicted octanol–water partition coefficient (Wildman–Crippen LogP) is 8.66. The number of aromatic nitrogens is 3. The molecule has 0 N–H and O–H groups in total. The van der Waals surface area contributed by atoms with Crippen molar-refractivity contribution in [1.82, 2.24) is 13.7 Å². The van der Waals surface area contributed by atoms with Gasteiger partial charge >= 0.3 is 0 Å². The fourth-order valence-electron chi connectivity index (χ4n) is 6.89. The zero-order chi connectivity index (χ0) is 28.5. The predicted molar refractivity (Wildman–Crippen MR) is 177 cm³/mol. The highest BCUT2D eigenvalue weighted by Crippen LogP contribution is 2.44. The number of aryl methyl sites for hydroxylation is 1. The number of fused-ring (bicyclic) bond motifs is 6. The van der Waals surface area contributed by atoms with Gasteiger partial charge in [-0.3, -0.25) is 9.13 Å². The minimum atomic E-state index is 0.631. The summed E-state index contributed by atoms with van der Waals surface area (Å²) in [5.74, 6) is 0.722. The van der Waals surface area contributed by atoms with Crippen molar-refractivity contribution in [1.29, 1.82) is 0 Å². The van der Waals surface area contributed by atoms with Gasteiger partial charge in [0.25, 0.3) is 0 Å². The van der Waals surface area contributed by atoms with Gasteiger partial charge in [-0.15, -0.1) is 0 Å². The van der Waals surface area contributed by atoms with Gasteiger partial charge in [0.2, 0.25) is 5.90 Å². The van der Waals surface area contributed by atoms with E-state index in [1.807, 2.05) is 0 Å². The summed E-state index contributed by atoms with van der Waals surface area (Å²) in [7, 11) is 2.11. The maximum Gasteiger partial charge on any atom is 0.216 e. The molecular formula is C38H28N4O. The summed E-state index contributed by atoms with van der Waals surface area (Å²) in [6.07, 6.45) is 2.14. The Morgan fingerprint density at radius 1 is 0.651 bits per heavy atom. The zero-order valence-electron chi connectivity index (χ0n) is 23.7. The van der Waals surface area contributed by atoms with E-state index in [2.05, 4.69) is 153 Å². The Kier molecular flexibility index (Phi) is 5.17. The van der Waals surface area contributed by atoms with E-state index in [0.717, 1.165) is 34.0 Å². The van der Waals surface area contributed by atoms with Crippen LogP contribution in [-0.2, 0) is 11.8 Å². The van der Waals surface area contributed by atoms with E-state index in [1.165, 1.54) is 43.7 Å². The van der Waals surface area contributed by atoms with Crippen molar-refractivity contribution in [3.63, 3.8) is 0 Å². The third kappa shape index (κ3) is 3.48. The number of para-hydroxylation sites is 2. The first-order valence-corrected chi connectivity index (χ1v) is 14.7. The van der Waals surface area contributed by atoms with E-state index in [-0.39, 0.29) is 0 Å². The van der Waals surface area contributed by atoms with Gasteiger partial charge in [-0.05, 0) is 48.0 Å². The van der Waals surface area contributed by atoms with Gasteiger partial charge in [-0.1, -0.05) is 78.9 Å². The number of nitrogens with zero attached hydrogens (tertiary/aromatic N) is 4. The topological polar surface area (TPSA) is 36.4 Å². The summed E-state index contributed by atoms with van der Waals surface area (Å²) in [6.45, 7) is 1.33. The normalized spacial score (nSPS) is 13.4. The Morgan fingerprint density at radius 3 is 2.28 bits per heavy atom. The Morgan fingerprint density at radius 2 is 1.47 bits per heavy atom. The molecule has 0 fully saturated rings. The van der Waals surface area contributed by atoms with Crippen LogP contribution in [0.15, 0.2) is 133 Å². The van der Waals surface area contributed by atoms with E-state index in [0.29, 0.717) is 13.2 Å². The van der Waals surface area contributed by atoms with Gasteiger partial charge in [0, 0.05) is 57.1 Å². The van der Waals surface area contributed by atoms with Gasteiger partial charge in [0.05, 0.1) is 23.3 Å². The quantitative estimate of drug-likeness (QED) is 0.214. The summed E-state index contributed by atoms with van der Waals surface area (Å²) >= 11 is 0. The highest BCUT2D eigenvalue weighted by atomic mass is 16.5. The lowest BCUT2D eigenvalue weighted by Crippen LogP contribution is -2.04. The smallest absolute Gasteiger partial charge is 0.216 e. The molecule has 206 valence electrons. The molecule has 5 heteroatoms. The first-order chi connectivity index (χ1) is 21.3. The van der Waals surface area contributed by atoms with Crippen molar-refractivity contribution in [2.75, 3.05) is 13.2 Å². The minimum absolute atomic E-state index is 0.631. The van der Waals surface area contributed by atoms with E-state index < -0.39 is 0 Å². The first-order valence-electron chi connectivity index (χ1n) is 14.7. The van der Waals surface area contributed by atoms with E-state index >= 15 is 0 Å². The Hall–Kier alpha value is -5.55. The van der Waals surface area contributed by atoms with Gasteiger partial charge in [0.1, 0.15) is 12.3 Å². The van der Waals surface area contributed by atoms with E-state index in [9.17, 15) is 0 Å². The molecule has 43 heavy (non-hydrogen) atoms. The van der Waals surface area contributed by atoms with Crippen molar-refractivity contribution in [3.05, 3.63) is 133 Å². The lowest BCUT2D eigenvalue weighted by Gasteiger charge is -2.16. The number of hydrogen-bond acceptors (Lipinski definition) is 2. The van der Waals surface area contributed by atoms with Gasteiger partial charge in [0.15, 0.2) is 0 Å². The van der Waals surface area contributed by atoms with Crippen LogP contribution < -0.4 is 0 Å². The molecule has 0 saturated carbocycles.